The first kappa shape index (κ1) is 59.6. The zero-order valence-corrected chi connectivity index (χ0v) is 45.5. The van der Waals surface area contributed by atoms with Crippen molar-refractivity contribution in [1.29, 1.82) is 0 Å². The minimum atomic E-state index is -0.551. The number of aliphatic hydroxyl groups is 1. The standard InChI is InChI=1S/C26H33N3O3.C23H27BrN2O.C2H7N.3C2H6/c1-19-5-8-21(9-6-19)22-11-13-28(14-12-22)17-20-7-10-24-25(16-20)27(2)26(32)29(24)23(18-31)4-3-15-30;1-16(14-22-17(2)25-11-8-23(22)24)15-26-12-9-21(10-13-26)20-6-4-19(5-7-20)18(3)27;1-3-2;3*1-2/h5-10,16,18,22-23,30H,3-4,11-15,17H2,1-2H3;4-8,11,14,21H,9-10,12-13,15H2,1-3H3;3H,1-2H3;3*1-2H3/b;16-14+;;;;. The zero-order chi connectivity index (χ0) is 50.8. The van der Waals surface area contributed by atoms with Crippen molar-refractivity contribution in [3.8, 4) is 0 Å². The summed E-state index contributed by atoms with van der Waals surface area (Å²) in [7, 11) is 5.51. The summed E-state index contributed by atoms with van der Waals surface area (Å²) in [6.45, 7) is 26.2. The molecule has 4 heterocycles. The smallest absolute Gasteiger partial charge is 0.329 e. The van der Waals surface area contributed by atoms with E-state index in [-0.39, 0.29) is 18.1 Å². The van der Waals surface area contributed by atoms with E-state index >= 15 is 0 Å². The Kier molecular flexibility index (Phi) is 28.3. The van der Waals surface area contributed by atoms with E-state index in [0.29, 0.717) is 24.7 Å². The molecule has 2 N–H and O–H groups in total. The molecule has 2 fully saturated rings. The summed E-state index contributed by atoms with van der Waals surface area (Å²) in [4.78, 5) is 45.3. The highest BCUT2D eigenvalue weighted by molar-refractivity contribution is 9.10. The topological polar surface area (TPSA) is 113 Å². The number of pyridine rings is 1. The Labute approximate surface area is 418 Å². The van der Waals surface area contributed by atoms with Crippen LogP contribution < -0.4 is 11.0 Å². The molecule has 2 aromatic heterocycles. The molecule has 2 aliphatic rings. The number of aryl methyl sites for hydroxylation is 3. The Balaban J connectivity index is 0.000000404. The summed E-state index contributed by atoms with van der Waals surface area (Å²) in [6.07, 6.45) is 10.5. The fourth-order valence-electron chi connectivity index (χ4n) is 8.69. The number of nitrogens with zero attached hydrogens (tertiary/aromatic N) is 5. The third-order valence-corrected chi connectivity index (χ3v) is 12.9. The average molecular weight is 998 g/mol. The number of carbonyl (C=O) groups is 2. The Morgan fingerprint density at radius 3 is 1.84 bits per heavy atom. The molecule has 0 amide bonds. The Morgan fingerprint density at radius 1 is 0.809 bits per heavy atom. The van der Waals surface area contributed by atoms with Gasteiger partial charge in [0.2, 0.25) is 0 Å². The van der Waals surface area contributed by atoms with E-state index in [4.69, 9.17) is 5.11 Å². The fourth-order valence-corrected chi connectivity index (χ4v) is 9.21. The number of fused-ring (bicyclic) bond motifs is 1. The number of nitrogens with one attached hydrogen (secondary N) is 1. The third kappa shape index (κ3) is 17.8. The summed E-state index contributed by atoms with van der Waals surface area (Å²) >= 11 is 3.63. The lowest BCUT2D eigenvalue weighted by molar-refractivity contribution is -0.110. The lowest BCUT2D eigenvalue weighted by atomic mass is 9.88. The van der Waals surface area contributed by atoms with Crippen molar-refractivity contribution in [2.24, 2.45) is 7.05 Å². The zero-order valence-electron chi connectivity index (χ0n) is 43.9. The Hall–Kier alpha value is -4.52. The third-order valence-electron chi connectivity index (χ3n) is 12.2. The van der Waals surface area contributed by atoms with Gasteiger partial charge in [0.25, 0.3) is 0 Å². The van der Waals surface area contributed by atoms with Crippen LogP contribution in [0.5, 0.6) is 0 Å². The SMILES string of the molecule is CC.CC.CC.CC(=O)c1ccc(C2CCN(C/C(C)=C/c3c(Br)ccnc3C)CC2)cc1.CNC.Cc1ccc(C2CCN(Cc3ccc4c(c3)n(C)c(=O)n4C(C=O)CCCO)CC2)cc1. The number of carbonyl (C=O) groups excluding carboxylic acids is 2. The van der Waals surface area contributed by atoms with Gasteiger partial charge in [-0.15, -0.1) is 0 Å². The number of aliphatic hydroxyl groups excluding tert-OH is 1. The molecule has 0 aliphatic carbocycles. The minimum absolute atomic E-state index is 0.00854. The van der Waals surface area contributed by atoms with Gasteiger partial charge in [-0.3, -0.25) is 28.7 Å². The van der Waals surface area contributed by atoms with Gasteiger partial charge in [-0.25, -0.2) is 4.79 Å². The molecule has 374 valence electrons. The molecule has 2 saturated heterocycles. The molecule has 1 atom stereocenters. The minimum Gasteiger partial charge on any atom is -0.396 e. The highest BCUT2D eigenvalue weighted by Crippen LogP contribution is 2.31. The fraction of sp³-hybridized carbons (Fsp3) is 0.509. The number of hydrogen-bond acceptors (Lipinski definition) is 8. The van der Waals surface area contributed by atoms with Crippen molar-refractivity contribution in [2.75, 3.05) is 53.4 Å². The van der Waals surface area contributed by atoms with E-state index in [1.165, 1.54) is 46.2 Å². The number of hydrogen-bond donors (Lipinski definition) is 2. The molecule has 2 aliphatic heterocycles. The average Bonchev–Trinajstić information content (AvgIpc) is 3.61. The number of rotatable bonds is 13. The number of likely N-dealkylation sites (tertiary alicyclic amines) is 2. The molecule has 0 spiro atoms. The van der Waals surface area contributed by atoms with Crippen LogP contribution >= 0.6 is 15.9 Å². The number of halogens is 1. The second-order valence-electron chi connectivity index (χ2n) is 17.1. The van der Waals surface area contributed by atoms with E-state index in [2.05, 4.69) is 104 Å². The van der Waals surface area contributed by atoms with Crippen LogP contribution in [0, 0.1) is 13.8 Å². The first-order valence-corrected chi connectivity index (χ1v) is 25.9. The lowest BCUT2D eigenvalue weighted by Gasteiger charge is -2.32. The number of piperidine rings is 2. The second kappa shape index (κ2) is 32.3. The summed E-state index contributed by atoms with van der Waals surface area (Å²) in [6, 6.07) is 24.7. The lowest BCUT2D eigenvalue weighted by Crippen LogP contribution is -2.34. The van der Waals surface area contributed by atoms with E-state index in [1.807, 2.05) is 93.0 Å². The molecule has 3 aromatic carbocycles. The van der Waals surface area contributed by atoms with Gasteiger partial charge in [0, 0.05) is 54.2 Å². The van der Waals surface area contributed by atoms with Crippen LogP contribution in [0.25, 0.3) is 17.1 Å². The normalized spacial score (nSPS) is 14.8. The van der Waals surface area contributed by atoms with Gasteiger partial charge in [0.15, 0.2) is 5.78 Å². The molecule has 1 unspecified atom stereocenters. The predicted molar refractivity (Wildman–Crippen MR) is 291 cm³/mol. The van der Waals surface area contributed by atoms with Gasteiger partial charge in [-0.05, 0) is 153 Å². The van der Waals surface area contributed by atoms with Gasteiger partial charge in [0.05, 0.1) is 17.1 Å². The maximum atomic E-state index is 12.8. The molecular weight excluding hydrogens is 913 g/mol. The summed E-state index contributed by atoms with van der Waals surface area (Å²) in [5.74, 6) is 1.36. The first-order chi connectivity index (χ1) is 32.9. The van der Waals surface area contributed by atoms with Gasteiger partial charge in [-0.1, -0.05) is 129 Å². The van der Waals surface area contributed by atoms with Gasteiger partial charge in [0.1, 0.15) is 6.29 Å². The van der Waals surface area contributed by atoms with E-state index < -0.39 is 6.04 Å². The van der Waals surface area contributed by atoms with Crippen LogP contribution in [-0.2, 0) is 18.4 Å². The van der Waals surface area contributed by atoms with Crippen molar-refractivity contribution in [1.82, 2.24) is 29.2 Å². The van der Waals surface area contributed by atoms with Crippen molar-refractivity contribution in [2.45, 2.75) is 132 Å². The maximum Gasteiger partial charge on any atom is 0.329 e. The number of benzene rings is 3. The molecular formula is C57H85BrN6O4. The monoisotopic (exact) mass is 997 g/mol. The van der Waals surface area contributed by atoms with E-state index in [1.54, 1.807) is 23.1 Å². The summed E-state index contributed by atoms with van der Waals surface area (Å²) in [5.41, 5.74) is 11.1. The number of imidazole rings is 1. The highest BCUT2D eigenvalue weighted by Gasteiger charge is 2.23. The van der Waals surface area contributed by atoms with Crippen LogP contribution in [0.1, 0.15) is 156 Å². The van der Waals surface area contributed by atoms with Crippen LogP contribution in [-0.4, -0.2) is 94.5 Å². The molecule has 11 heteroatoms. The van der Waals surface area contributed by atoms with Crippen LogP contribution in [0.2, 0.25) is 0 Å². The number of aldehydes is 1. The first-order valence-electron chi connectivity index (χ1n) is 25.1. The molecule has 10 nitrogen and oxygen atoms in total. The molecule has 7 rings (SSSR count). The Bertz CT molecular complexity index is 2280. The van der Waals surface area contributed by atoms with Crippen LogP contribution in [0.15, 0.2) is 93.8 Å². The molecule has 5 aromatic rings. The molecule has 0 bridgehead atoms. The molecule has 68 heavy (non-hydrogen) atoms. The van der Waals surface area contributed by atoms with Crippen molar-refractivity contribution in [3.05, 3.63) is 139 Å². The number of aromatic nitrogens is 3. The molecule has 0 radical (unpaired) electrons. The Morgan fingerprint density at radius 2 is 1.34 bits per heavy atom. The van der Waals surface area contributed by atoms with Crippen LogP contribution in [0.3, 0.4) is 0 Å². The van der Waals surface area contributed by atoms with Crippen LogP contribution in [0.4, 0.5) is 0 Å². The predicted octanol–water partition coefficient (Wildman–Crippen LogP) is 12.1. The van der Waals surface area contributed by atoms with Crippen molar-refractivity contribution in [3.63, 3.8) is 0 Å². The highest BCUT2D eigenvalue weighted by atomic mass is 79.9. The number of Topliss-reactive ketones (excluding diaryl/α,β-unsaturated/α-hetero) is 1. The second-order valence-corrected chi connectivity index (χ2v) is 17.9. The summed E-state index contributed by atoms with van der Waals surface area (Å²) < 4.78 is 4.29. The van der Waals surface area contributed by atoms with E-state index in [9.17, 15) is 14.4 Å². The van der Waals surface area contributed by atoms with E-state index in [0.717, 1.165) is 85.2 Å². The quantitative estimate of drug-likeness (QED) is 0.0886. The van der Waals surface area contributed by atoms with Gasteiger partial charge in [-0.2, -0.15) is 0 Å². The maximum absolute atomic E-state index is 12.8. The largest absolute Gasteiger partial charge is 0.396 e. The van der Waals surface area contributed by atoms with Crippen molar-refractivity contribution < 1.29 is 14.7 Å². The van der Waals surface area contributed by atoms with Crippen molar-refractivity contribution >= 4 is 45.1 Å². The number of ketones is 1. The molecule has 0 saturated carbocycles. The summed E-state index contributed by atoms with van der Waals surface area (Å²) in [5, 5.41) is 11.9. The van der Waals surface area contributed by atoms with Gasteiger partial charge >= 0.3 is 5.69 Å². The van der Waals surface area contributed by atoms with Gasteiger partial charge < -0.3 is 15.2 Å².